The van der Waals surface area contributed by atoms with Gasteiger partial charge >= 0.3 is 0 Å². The van der Waals surface area contributed by atoms with Gasteiger partial charge in [-0.15, -0.1) is 11.3 Å². The molecule has 4 rings (SSSR count). The van der Waals surface area contributed by atoms with E-state index in [1.807, 2.05) is 54.0 Å². The molecule has 5 heteroatoms. The largest absolute Gasteiger partial charge is 0.435 e. The molecule has 0 amide bonds. The summed E-state index contributed by atoms with van der Waals surface area (Å²) in [6.07, 6.45) is 3.46. The number of pyridine rings is 1. The van der Waals surface area contributed by atoms with Gasteiger partial charge < -0.3 is 4.42 Å². The minimum Gasteiger partial charge on any atom is -0.435 e. The molecule has 0 atom stereocenters. The number of thiophene rings is 1. The third kappa shape index (κ3) is 3.00. The minimum absolute atomic E-state index is 0.649. The SMILES string of the molecule is Clc1cc(CCc2ccccn2)c2oc(-c3cccs3)nc2c1. The van der Waals surface area contributed by atoms with Crippen LogP contribution in [0.15, 0.2) is 58.5 Å². The summed E-state index contributed by atoms with van der Waals surface area (Å²) < 4.78 is 6.01. The Kier molecular flexibility index (Phi) is 3.85. The van der Waals surface area contributed by atoms with Crippen LogP contribution in [-0.2, 0) is 12.8 Å². The maximum Gasteiger partial charge on any atom is 0.237 e. The number of aryl methyl sites for hydroxylation is 2. The summed E-state index contributed by atoms with van der Waals surface area (Å²) in [5.41, 5.74) is 3.73. The van der Waals surface area contributed by atoms with Gasteiger partial charge in [-0.3, -0.25) is 4.98 Å². The lowest BCUT2D eigenvalue weighted by molar-refractivity contribution is 0.616. The van der Waals surface area contributed by atoms with E-state index in [4.69, 9.17) is 16.0 Å². The molecule has 3 aromatic heterocycles. The Bertz CT molecular complexity index is 932. The van der Waals surface area contributed by atoms with Crippen molar-refractivity contribution in [3.05, 3.63) is 70.3 Å². The van der Waals surface area contributed by atoms with Crippen LogP contribution in [-0.4, -0.2) is 9.97 Å². The zero-order chi connectivity index (χ0) is 15.6. The summed E-state index contributed by atoms with van der Waals surface area (Å²) >= 11 is 7.86. The first-order chi connectivity index (χ1) is 11.3. The molecule has 0 spiro atoms. The van der Waals surface area contributed by atoms with Gasteiger partial charge in [-0.2, -0.15) is 0 Å². The lowest BCUT2D eigenvalue weighted by Gasteiger charge is -2.03. The summed E-state index contributed by atoms with van der Waals surface area (Å²) in [5.74, 6) is 0.649. The number of nitrogens with zero attached hydrogens (tertiary/aromatic N) is 2. The molecule has 3 heterocycles. The average Bonchev–Trinajstić information content (AvgIpc) is 3.22. The molecule has 0 aliphatic carbocycles. The van der Waals surface area contributed by atoms with Crippen LogP contribution in [0, 0.1) is 0 Å². The third-order valence-corrected chi connectivity index (χ3v) is 4.72. The second kappa shape index (κ2) is 6.14. The predicted octanol–water partition coefficient (Wildman–Crippen LogP) is 5.39. The Hall–Kier alpha value is -2.17. The van der Waals surface area contributed by atoms with Gasteiger partial charge in [-0.1, -0.05) is 23.7 Å². The number of benzene rings is 1. The van der Waals surface area contributed by atoms with Crippen LogP contribution >= 0.6 is 22.9 Å². The van der Waals surface area contributed by atoms with E-state index in [1.165, 1.54) is 0 Å². The second-order valence-electron chi connectivity index (χ2n) is 5.23. The fraction of sp³-hybridized carbons (Fsp3) is 0.111. The van der Waals surface area contributed by atoms with E-state index in [2.05, 4.69) is 9.97 Å². The zero-order valence-electron chi connectivity index (χ0n) is 12.2. The number of rotatable bonds is 4. The molecule has 0 aliphatic heterocycles. The molecule has 4 aromatic rings. The van der Waals surface area contributed by atoms with Gasteiger partial charge in [0.1, 0.15) is 5.52 Å². The third-order valence-electron chi connectivity index (χ3n) is 3.64. The normalized spacial score (nSPS) is 11.2. The van der Waals surface area contributed by atoms with E-state index in [-0.39, 0.29) is 0 Å². The highest BCUT2D eigenvalue weighted by Gasteiger charge is 2.14. The van der Waals surface area contributed by atoms with Crippen molar-refractivity contribution in [2.45, 2.75) is 12.8 Å². The van der Waals surface area contributed by atoms with Crippen molar-refractivity contribution in [3.63, 3.8) is 0 Å². The first kappa shape index (κ1) is 14.4. The lowest BCUT2D eigenvalue weighted by Crippen LogP contribution is -1.94. The molecule has 114 valence electrons. The van der Waals surface area contributed by atoms with Crippen molar-refractivity contribution in [3.8, 4) is 10.8 Å². The molecule has 3 nitrogen and oxygen atoms in total. The van der Waals surface area contributed by atoms with Crippen LogP contribution in [0.5, 0.6) is 0 Å². The van der Waals surface area contributed by atoms with Crippen LogP contribution in [0.4, 0.5) is 0 Å². The standard InChI is InChI=1S/C18H13ClN2OS/c19-13-10-12(6-7-14-4-1-2-8-20-14)17-15(11-13)21-18(22-17)16-5-3-9-23-16/h1-5,8-11H,6-7H2. The first-order valence-electron chi connectivity index (χ1n) is 7.32. The Balaban J connectivity index is 1.70. The highest BCUT2D eigenvalue weighted by atomic mass is 35.5. The Morgan fingerprint density at radius 2 is 2.04 bits per heavy atom. The van der Waals surface area contributed by atoms with Crippen LogP contribution in [0.2, 0.25) is 5.02 Å². The molecule has 23 heavy (non-hydrogen) atoms. The van der Waals surface area contributed by atoms with Crippen LogP contribution in [0.25, 0.3) is 21.9 Å². The van der Waals surface area contributed by atoms with E-state index in [9.17, 15) is 0 Å². The van der Waals surface area contributed by atoms with Gasteiger partial charge in [-0.05, 0) is 54.1 Å². The van der Waals surface area contributed by atoms with Crippen molar-refractivity contribution < 1.29 is 4.42 Å². The van der Waals surface area contributed by atoms with Gasteiger partial charge in [0.15, 0.2) is 5.58 Å². The molecule has 0 saturated heterocycles. The smallest absolute Gasteiger partial charge is 0.237 e. The summed E-state index contributed by atoms with van der Waals surface area (Å²) in [6, 6.07) is 13.7. The van der Waals surface area contributed by atoms with E-state index in [0.717, 1.165) is 40.1 Å². The maximum atomic E-state index is 6.25. The molecule has 0 N–H and O–H groups in total. The molecule has 0 fully saturated rings. The molecule has 0 bridgehead atoms. The molecule has 0 unspecified atom stereocenters. The van der Waals surface area contributed by atoms with Gasteiger partial charge in [0.2, 0.25) is 5.89 Å². The topological polar surface area (TPSA) is 38.9 Å². The van der Waals surface area contributed by atoms with Gasteiger partial charge in [0.05, 0.1) is 4.88 Å². The van der Waals surface area contributed by atoms with Crippen molar-refractivity contribution in [2.75, 3.05) is 0 Å². The monoisotopic (exact) mass is 340 g/mol. The van der Waals surface area contributed by atoms with E-state index in [1.54, 1.807) is 11.3 Å². The van der Waals surface area contributed by atoms with Crippen LogP contribution in [0.3, 0.4) is 0 Å². The van der Waals surface area contributed by atoms with E-state index in [0.29, 0.717) is 10.9 Å². The number of aromatic nitrogens is 2. The number of hydrogen-bond donors (Lipinski definition) is 0. The molecular formula is C18H13ClN2OS. The second-order valence-corrected chi connectivity index (χ2v) is 6.61. The maximum absolute atomic E-state index is 6.25. The molecule has 1 aromatic carbocycles. The van der Waals surface area contributed by atoms with Gasteiger partial charge in [0, 0.05) is 16.9 Å². The molecule has 0 saturated carbocycles. The van der Waals surface area contributed by atoms with Crippen LogP contribution in [0.1, 0.15) is 11.3 Å². The predicted molar refractivity (Wildman–Crippen MR) is 94.0 cm³/mol. The number of halogens is 1. The molecule has 0 radical (unpaired) electrons. The van der Waals surface area contributed by atoms with Crippen molar-refractivity contribution in [2.24, 2.45) is 0 Å². The van der Waals surface area contributed by atoms with E-state index >= 15 is 0 Å². The minimum atomic E-state index is 0.649. The summed E-state index contributed by atoms with van der Waals surface area (Å²) in [7, 11) is 0. The molecular weight excluding hydrogens is 328 g/mol. The van der Waals surface area contributed by atoms with Crippen LogP contribution < -0.4 is 0 Å². The molecule has 0 aliphatic rings. The quantitative estimate of drug-likeness (QED) is 0.500. The Morgan fingerprint density at radius 1 is 1.09 bits per heavy atom. The fourth-order valence-corrected chi connectivity index (χ4v) is 3.45. The summed E-state index contributed by atoms with van der Waals surface area (Å²) in [4.78, 5) is 9.96. The van der Waals surface area contributed by atoms with Crippen molar-refractivity contribution in [1.29, 1.82) is 0 Å². The Morgan fingerprint density at radius 3 is 2.83 bits per heavy atom. The van der Waals surface area contributed by atoms with Crippen molar-refractivity contribution >= 4 is 34.0 Å². The fourth-order valence-electron chi connectivity index (χ4n) is 2.56. The van der Waals surface area contributed by atoms with Gasteiger partial charge in [0.25, 0.3) is 0 Å². The van der Waals surface area contributed by atoms with Crippen molar-refractivity contribution in [1.82, 2.24) is 9.97 Å². The van der Waals surface area contributed by atoms with E-state index < -0.39 is 0 Å². The van der Waals surface area contributed by atoms with Gasteiger partial charge in [-0.25, -0.2) is 4.98 Å². The number of fused-ring (bicyclic) bond motifs is 1. The number of oxazole rings is 1. The highest BCUT2D eigenvalue weighted by molar-refractivity contribution is 7.13. The lowest BCUT2D eigenvalue weighted by atomic mass is 10.1. The highest BCUT2D eigenvalue weighted by Crippen LogP contribution is 2.31. The number of hydrogen-bond acceptors (Lipinski definition) is 4. The average molecular weight is 341 g/mol. The zero-order valence-corrected chi connectivity index (χ0v) is 13.8. The first-order valence-corrected chi connectivity index (χ1v) is 8.58. The Labute approximate surface area is 142 Å². The summed E-state index contributed by atoms with van der Waals surface area (Å²) in [6.45, 7) is 0. The summed E-state index contributed by atoms with van der Waals surface area (Å²) in [5, 5.41) is 2.69.